The molecule has 0 spiro atoms. The molecule has 1 saturated heterocycles. The third-order valence-electron chi connectivity index (χ3n) is 4.01. The van der Waals surface area contributed by atoms with Gasteiger partial charge >= 0.3 is 0 Å². The third kappa shape index (κ3) is 2.91. The number of rotatable bonds is 3. The number of piperidine rings is 1. The molecule has 1 aromatic heterocycles. The molecule has 5 heteroatoms. The Balaban J connectivity index is 1.71. The van der Waals surface area contributed by atoms with E-state index in [4.69, 9.17) is 4.74 Å². The average Bonchev–Trinajstić information content (AvgIpc) is 3.09. The van der Waals surface area contributed by atoms with Crippen LogP contribution in [0.2, 0.25) is 0 Å². The van der Waals surface area contributed by atoms with Gasteiger partial charge < -0.3 is 9.64 Å². The Hall–Kier alpha value is -2.30. The largest absolute Gasteiger partial charge is 0.497 e. The molecule has 0 radical (unpaired) electrons. The van der Waals surface area contributed by atoms with Crippen molar-refractivity contribution in [1.82, 2.24) is 15.1 Å². The van der Waals surface area contributed by atoms with E-state index < -0.39 is 0 Å². The predicted octanol–water partition coefficient (Wildman–Crippen LogP) is 2.44. The van der Waals surface area contributed by atoms with E-state index in [1.54, 1.807) is 13.3 Å². The van der Waals surface area contributed by atoms with Gasteiger partial charge in [0.05, 0.1) is 7.11 Å². The van der Waals surface area contributed by atoms with Gasteiger partial charge in [-0.25, -0.2) is 0 Å². The summed E-state index contributed by atoms with van der Waals surface area (Å²) in [5.41, 5.74) is 1.82. The molecule has 5 nitrogen and oxygen atoms in total. The first-order valence-electron chi connectivity index (χ1n) is 7.20. The molecule has 1 aromatic carbocycles. The van der Waals surface area contributed by atoms with Crippen LogP contribution in [-0.2, 0) is 0 Å². The van der Waals surface area contributed by atoms with E-state index in [-0.39, 0.29) is 5.91 Å². The molecule has 3 rings (SSSR count). The van der Waals surface area contributed by atoms with Gasteiger partial charge in [0.1, 0.15) is 5.75 Å². The second-order valence-corrected chi connectivity index (χ2v) is 5.33. The fourth-order valence-electron chi connectivity index (χ4n) is 2.83. The summed E-state index contributed by atoms with van der Waals surface area (Å²) in [5.74, 6) is 1.20. The number of likely N-dealkylation sites (tertiary alicyclic amines) is 1. The molecule has 21 heavy (non-hydrogen) atoms. The van der Waals surface area contributed by atoms with Crippen LogP contribution < -0.4 is 4.74 Å². The topological polar surface area (TPSA) is 58.2 Å². The van der Waals surface area contributed by atoms with Crippen LogP contribution in [0.4, 0.5) is 0 Å². The summed E-state index contributed by atoms with van der Waals surface area (Å²) in [4.78, 5) is 14.5. The van der Waals surface area contributed by atoms with E-state index in [9.17, 15) is 4.79 Å². The summed E-state index contributed by atoms with van der Waals surface area (Å²) in [7, 11) is 1.62. The maximum Gasteiger partial charge on any atom is 0.253 e. The molecule has 1 aliphatic heterocycles. The maximum atomic E-state index is 12.6. The van der Waals surface area contributed by atoms with Gasteiger partial charge in [-0.2, -0.15) is 5.10 Å². The highest BCUT2D eigenvalue weighted by Gasteiger charge is 2.26. The zero-order valence-corrected chi connectivity index (χ0v) is 12.1. The summed E-state index contributed by atoms with van der Waals surface area (Å²) in [6.07, 6.45) is 3.87. The first kappa shape index (κ1) is 13.7. The minimum absolute atomic E-state index is 0.0851. The highest BCUT2D eigenvalue weighted by Crippen LogP contribution is 2.26. The van der Waals surface area contributed by atoms with Gasteiger partial charge in [0.2, 0.25) is 0 Å². The van der Waals surface area contributed by atoms with Crippen LogP contribution in [0.15, 0.2) is 36.5 Å². The van der Waals surface area contributed by atoms with Crippen molar-refractivity contribution in [2.45, 2.75) is 18.8 Å². The number of carbonyl (C=O) groups is 1. The number of H-pyrrole nitrogens is 1. The summed E-state index contributed by atoms with van der Waals surface area (Å²) in [5, 5.41) is 7.02. The zero-order valence-electron chi connectivity index (χ0n) is 12.1. The van der Waals surface area contributed by atoms with Crippen molar-refractivity contribution >= 4 is 5.91 Å². The molecule has 1 N–H and O–H groups in total. The summed E-state index contributed by atoms with van der Waals surface area (Å²) >= 11 is 0. The zero-order chi connectivity index (χ0) is 14.7. The highest BCUT2D eigenvalue weighted by molar-refractivity contribution is 5.94. The van der Waals surface area contributed by atoms with Gasteiger partial charge in [0.15, 0.2) is 0 Å². The summed E-state index contributed by atoms with van der Waals surface area (Å²) in [6, 6.07) is 9.28. The Kier molecular flexibility index (Phi) is 3.90. The number of aromatic amines is 1. The number of aromatic nitrogens is 2. The molecule has 1 amide bonds. The standard InChI is InChI=1S/C16H19N3O2/c1-21-14-6-4-12(5-7-14)16(20)19-10-2-3-13(11-19)15-8-9-17-18-15/h4-9,13H,2-3,10-11H2,1H3,(H,17,18)/t13-/m0/s1. The number of amides is 1. The maximum absolute atomic E-state index is 12.6. The van der Waals surface area contributed by atoms with Gasteiger partial charge in [-0.05, 0) is 43.2 Å². The van der Waals surface area contributed by atoms with E-state index in [1.807, 2.05) is 35.2 Å². The molecule has 1 aliphatic rings. The van der Waals surface area contributed by atoms with E-state index >= 15 is 0 Å². The molecule has 1 atom stereocenters. The molecular weight excluding hydrogens is 266 g/mol. The van der Waals surface area contributed by atoms with Crippen LogP contribution in [0, 0.1) is 0 Å². The normalized spacial score (nSPS) is 18.5. The molecule has 0 bridgehead atoms. The number of ether oxygens (including phenoxy) is 1. The van der Waals surface area contributed by atoms with Crippen molar-refractivity contribution in [1.29, 1.82) is 0 Å². The lowest BCUT2D eigenvalue weighted by Gasteiger charge is -2.32. The first-order chi connectivity index (χ1) is 10.3. The number of hydrogen-bond acceptors (Lipinski definition) is 3. The number of hydrogen-bond donors (Lipinski definition) is 1. The van der Waals surface area contributed by atoms with Crippen LogP contribution in [0.1, 0.15) is 34.8 Å². The smallest absolute Gasteiger partial charge is 0.253 e. The lowest BCUT2D eigenvalue weighted by molar-refractivity contribution is 0.0706. The molecule has 2 aromatic rings. The van der Waals surface area contributed by atoms with Crippen molar-refractivity contribution in [3.63, 3.8) is 0 Å². The Morgan fingerprint density at radius 3 is 2.81 bits per heavy atom. The van der Waals surface area contributed by atoms with Crippen LogP contribution in [0.5, 0.6) is 5.75 Å². The number of carbonyl (C=O) groups excluding carboxylic acids is 1. The van der Waals surface area contributed by atoms with Gasteiger partial charge in [-0.1, -0.05) is 0 Å². The van der Waals surface area contributed by atoms with E-state index in [0.717, 1.165) is 37.4 Å². The fraction of sp³-hybridized carbons (Fsp3) is 0.375. The molecule has 110 valence electrons. The van der Waals surface area contributed by atoms with Crippen molar-refractivity contribution in [3.8, 4) is 5.75 Å². The first-order valence-corrected chi connectivity index (χ1v) is 7.20. The number of benzene rings is 1. The third-order valence-corrected chi connectivity index (χ3v) is 4.01. The van der Waals surface area contributed by atoms with E-state index in [1.165, 1.54) is 0 Å². The van der Waals surface area contributed by atoms with Crippen molar-refractivity contribution in [3.05, 3.63) is 47.8 Å². The van der Waals surface area contributed by atoms with E-state index in [0.29, 0.717) is 11.5 Å². The Morgan fingerprint density at radius 2 is 2.14 bits per heavy atom. The number of nitrogens with zero attached hydrogens (tertiary/aromatic N) is 2. The van der Waals surface area contributed by atoms with Crippen molar-refractivity contribution in [2.24, 2.45) is 0 Å². The minimum atomic E-state index is 0.0851. The second kappa shape index (κ2) is 5.99. The van der Waals surface area contributed by atoms with Crippen molar-refractivity contribution < 1.29 is 9.53 Å². The fourth-order valence-corrected chi connectivity index (χ4v) is 2.83. The van der Waals surface area contributed by atoms with Gasteiger partial charge in [0, 0.05) is 36.5 Å². The van der Waals surface area contributed by atoms with Crippen LogP contribution in [-0.4, -0.2) is 41.2 Å². The highest BCUT2D eigenvalue weighted by atomic mass is 16.5. The average molecular weight is 285 g/mol. The Bertz CT molecular complexity index is 592. The van der Waals surface area contributed by atoms with Crippen LogP contribution in [0.3, 0.4) is 0 Å². The monoisotopic (exact) mass is 285 g/mol. The number of nitrogens with one attached hydrogen (secondary N) is 1. The van der Waals surface area contributed by atoms with E-state index in [2.05, 4.69) is 10.2 Å². The molecular formula is C16H19N3O2. The Labute approximate surface area is 123 Å². The van der Waals surface area contributed by atoms with Crippen molar-refractivity contribution in [2.75, 3.05) is 20.2 Å². The molecule has 2 heterocycles. The molecule has 0 unspecified atom stereocenters. The molecule has 0 saturated carbocycles. The summed E-state index contributed by atoms with van der Waals surface area (Å²) < 4.78 is 5.12. The van der Waals surface area contributed by atoms with Gasteiger partial charge in [-0.15, -0.1) is 0 Å². The molecule has 1 fully saturated rings. The quantitative estimate of drug-likeness (QED) is 0.942. The summed E-state index contributed by atoms with van der Waals surface area (Å²) in [6.45, 7) is 1.56. The minimum Gasteiger partial charge on any atom is -0.497 e. The molecule has 0 aliphatic carbocycles. The van der Waals surface area contributed by atoms with Gasteiger partial charge in [-0.3, -0.25) is 9.89 Å². The SMILES string of the molecule is COc1ccc(C(=O)N2CCC[C@H](c3ccn[nH]3)C2)cc1. The second-order valence-electron chi connectivity index (χ2n) is 5.33. The van der Waals surface area contributed by atoms with Crippen LogP contribution >= 0.6 is 0 Å². The predicted molar refractivity (Wildman–Crippen MR) is 79.5 cm³/mol. The van der Waals surface area contributed by atoms with Crippen LogP contribution in [0.25, 0.3) is 0 Å². The number of methoxy groups -OCH3 is 1. The lowest BCUT2D eigenvalue weighted by atomic mass is 9.94. The van der Waals surface area contributed by atoms with Gasteiger partial charge in [0.25, 0.3) is 5.91 Å². The lowest BCUT2D eigenvalue weighted by Crippen LogP contribution is -2.39. The Morgan fingerprint density at radius 1 is 1.33 bits per heavy atom.